The molecule has 2 fully saturated rings. The Hall–Kier alpha value is -0.610. The van der Waals surface area contributed by atoms with Gasteiger partial charge in [0.15, 0.2) is 5.96 Å². The molecule has 0 radical (unpaired) electrons. The van der Waals surface area contributed by atoms with Crippen LogP contribution in [0, 0.1) is 5.92 Å². The van der Waals surface area contributed by atoms with Gasteiger partial charge in [0.2, 0.25) is 5.91 Å². The molecule has 0 spiro atoms. The van der Waals surface area contributed by atoms with Crippen molar-refractivity contribution in [3.05, 3.63) is 0 Å². The van der Waals surface area contributed by atoms with E-state index < -0.39 is 6.10 Å². The van der Waals surface area contributed by atoms with Crippen LogP contribution >= 0.6 is 24.0 Å². The Balaban J connectivity index is 0.00000312. The topological polar surface area (TPSA) is 86.2 Å². The lowest BCUT2D eigenvalue weighted by molar-refractivity contribution is -0.129. The van der Waals surface area contributed by atoms with Crippen molar-refractivity contribution in [2.75, 3.05) is 39.4 Å². The highest BCUT2D eigenvalue weighted by Gasteiger charge is 2.26. The molecular formula is C17H33IN4O3. The molecule has 1 heterocycles. The maximum Gasteiger partial charge on any atom is 0.222 e. The minimum atomic E-state index is -0.582. The fourth-order valence-electron chi connectivity index (χ4n) is 2.75. The molecule has 7 nitrogen and oxygen atoms in total. The summed E-state index contributed by atoms with van der Waals surface area (Å²) in [4.78, 5) is 18.1. The standard InChI is InChI=1S/C17H32N4O3.HI/c1-3-16(23)21-8-7-14(10-21)20-17(18-4-2)19-9-15(22)12-24-11-13-5-6-13;/h13-15,22H,3-12H2,1-2H3,(H2,18,19,20);1H. The molecule has 2 rings (SSSR count). The molecule has 25 heavy (non-hydrogen) atoms. The third kappa shape index (κ3) is 8.54. The summed E-state index contributed by atoms with van der Waals surface area (Å²) in [6, 6.07) is 0.210. The molecule has 1 aliphatic heterocycles. The molecule has 0 aromatic carbocycles. The molecule has 2 atom stereocenters. The average molecular weight is 468 g/mol. The predicted molar refractivity (Wildman–Crippen MR) is 109 cm³/mol. The Labute approximate surface area is 168 Å². The molecule has 0 aromatic rings. The number of carbonyl (C=O) groups is 1. The van der Waals surface area contributed by atoms with Crippen LogP contribution in [0.1, 0.15) is 39.5 Å². The van der Waals surface area contributed by atoms with Gasteiger partial charge >= 0.3 is 0 Å². The van der Waals surface area contributed by atoms with Crippen LogP contribution in [0.2, 0.25) is 0 Å². The molecule has 8 heteroatoms. The molecule has 2 unspecified atom stereocenters. The van der Waals surface area contributed by atoms with E-state index in [9.17, 15) is 9.90 Å². The summed E-state index contributed by atoms with van der Waals surface area (Å²) in [5.74, 6) is 1.59. The number of aliphatic imine (C=N–C) groups is 1. The number of likely N-dealkylation sites (tertiary alicyclic amines) is 1. The number of ether oxygens (including phenoxy) is 1. The summed E-state index contributed by atoms with van der Waals surface area (Å²) in [6.45, 7) is 7.56. The Bertz CT molecular complexity index is 432. The first kappa shape index (κ1) is 22.4. The summed E-state index contributed by atoms with van der Waals surface area (Å²) in [7, 11) is 0. The number of rotatable bonds is 9. The van der Waals surface area contributed by atoms with Crippen molar-refractivity contribution < 1.29 is 14.6 Å². The molecule has 3 N–H and O–H groups in total. The second-order valence-corrected chi connectivity index (χ2v) is 6.68. The molecule has 1 aliphatic carbocycles. The van der Waals surface area contributed by atoms with Gasteiger partial charge in [0.05, 0.1) is 19.3 Å². The molecule has 2 aliphatic rings. The van der Waals surface area contributed by atoms with Gasteiger partial charge in [-0.15, -0.1) is 24.0 Å². The monoisotopic (exact) mass is 468 g/mol. The fourth-order valence-corrected chi connectivity index (χ4v) is 2.75. The van der Waals surface area contributed by atoms with Crippen molar-refractivity contribution in [2.45, 2.75) is 51.7 Å². The number of aliphatic hydroxyl groups excluding tert-OH is 1. The lowest BCUT2D eigenvalue weighted by Crippen LogP contribution is -2.45. The number of amides is 1. The quantitative estimate of drug-likeness (QED) is 0.267. The van der Waals surface area contributed by atoms with E-state index in [1.54, 1.807) is 0 Å². The van der Waals surface area contributed by atoms with Gasteiger partial charge in [-0.25, -0.2) is 0 Å². The number of halogens is 1. The van der Waals surface area contributed by atoms with E-state index in [2.05, 4.69) is 15.6 Å². The second kappa shape index (κ2) is 11.9. The molecule has 0 bridgehead atoms. The van der Waals surface area contributed by atoms with Gasteiger partial charge < -0.3 is 25.4 Å². The number of hydrogen-bond acceptors (Lipinski definition) is 4. The zero-order valence-corrected chi connectivity index (χ0v) is 17.7. The third-order valence-corrected chi connectivity index (χ3v) is 4.35. The zero-order valence-electron chi connectivity index (χ0n) is 15.4. The van der Waals surface area contributed by atoms with Gasteiger partial charge in [0.1, 0.15) is 0 Å². The van der Waals surface area contributed by atoms with Crippen molar-refractivity contribution in [3.8, 4) is 0 Å². The number of carbonyl (C=O) groups excluding carboxylic acids is 1. The van der Waals surface area contributed by atoms with E-state index in [1.807, 2.05) is 18.7 Å². The van der Waals surface area contributed by atoms with Crippen molar-refractivity contribution >= 4 is 35.8 Å². The maximum atomic E-state index is 11.7. The Morgan fingerprint density at radius 2 is 2.12 bits per heavy atom. The summed E-state index contributed by atoms with van der Waals surface area (Å²) >= 11 is 0. The average Bonchev–Trinajstić information content (AvgIpc) is 3.28. The summed E-state index contributed by atoms with van der Waals surface area (Å²) in [6.07, 6.45) is 3.39. The van der Waals surface area contributed by atoms with E-state index in [4.69, 9.17) is 4.74 Å². The van der Waals surface area contributed by atoms with Crippen LogP contribution in [0.25, 0.3) is 0 Å². The van der Waals surface area contributed by atoms with Crippen LogP contribution < -0.4 is 10.6 Å². The van der Waals surface area contributed by atoms with Gasteiger partial charge in [-0.2, -0.15) is 0 Å². The summed E-state index contributed by atoms with van der Waals surface area (Å²) in [5.41, 5.74) is 0. The van der Waals surface area contributed by atoms with Crippen molar-refractivity contribution in [1.29, 1.82) is 0 Å². The van der Waals surface area contributed by atoms with Crippen LogP contribution in [0.15, 0.2) is 4.99 Å². The Morgan fingerprint density at radius 1 is 1.36 bits per heavy atom. The van der Waals surface area contributed by atoms with Gasteiger partial charge in [-0.05, 0) is 32.1 Å². The third-order valence-electron chi connectivity index (χ3n) is 4.35. The van der Waals surface area contributed by atoms with E-state index in [0.717, 1.165) is 26.1 Å². The van der Waals surface area contributed by atoms with E-state index in [1.165, 1.54) is 12.8 Å². The lowest BCUT2D eigenvalue weighted by atomic mass is 10.3. The first-order valence-corrected chi connectivity index (χ1v) is 9.20. The van der Waals surface area contributed by atoms with Gasteiger partial charge in [-0.1, -0.05) is 6.92 Å². The van der Waals surface area contributed by atoms with Gasteiger partial charge in [-0.3, -0.25) is 9.79 Å². The molecule has 1 saturated heterocycles. The van der Waals surface area contributed by atoms with Crippen LogP contribution in [0.4, 0.5) is 0 Å². The number of nitrogens with zero attached hydrogens (tertiary/aromatic N) is 2. The van der Waals surface area contributed by atoms with Crippen LogP contribution in [0.3, 0.4) is 0 Å². The van der Waals surface area contributed by atoms with E-state index in [-0.39, 0.29) is 35.9 Å². The van der Waals surface area contributed by atoms with E-state index in [0.29, 0.717) is 38.0 Å². The van der Waals surface area contributed by atoms with Crippen LogP contribution in [-0.2, 0) is 9.53 Å². The lowest BCUT2D eigenvalue weighted by Gasteiger charge is -2.19. The number of hydrogen-bond donors (Lipinski definition) is 3. The number of aliphatic hydroxyl groups is 1. The molecular weight excluding hydrogens is 435 g/mol. The largest absolute Gasteiger partial charge is 0.389 e. The smallest absolute Gasteiger partial charge is 0.222 e. The minimum absolute atomic E-state index is 0. The zero-order chi connectivity index (χ0) is 17.4. The Kier molecular flexibility index (Phi) is 10.7. The SMILES string of the molecule is CCNC(=NCC(O)COCC1CC1)NC1CCN(C(=O)CC)C1.I. The minimum Gasteiger partial charge on any atom is -0.389 e. The fraction of sp³-hybridized carbons (Fsp3) is 0.882. The highest BCUT2D eigenvalue weighted by molar-refractivity contribution is 14.0. The van der Waals surface area contributed by atoms with E-state index >= 15 is 0 Å². The van der Waals surface area contributed by atoms with Crippen LogP contribution in [0.5, 0.6) is 0 Å². The summed E-state index contributed by atoms with van der Waals surface area (Å²) in [5, 5.41) is 16.5. The normalized spacial score (nSPS) is 21.6. The predicted octanol–water partition coefficient (Wildman–Crippen LogP) is 0.958. The molecule has 146 valence electrons. The highest BCUT2D eigenvalue weighted by atomic mass is 127. The molecule has 1 amide bonds. The molecule has 1 saturated carbocycles. The first-order chi connectivity index (χ1) is 11.6. The Morgan fingerprint density at radius 3 is 2.76 bits per heavy atom. The first-order valence-electron chi connectivity index (χ1n) is 9.20. The molecule has 0 aromatic heterocycles. The number of nitrogens with one attached hydrogen (secondary N) is 2. The van der Waals surface area contributed by atoms with Gasteiger partial charge in [0, 0.05) is 38.7 Å². The highest BCUT2D eigenvalue weighted by Crippen LogP contribution is 2.28. The van der Waals surface area contributed by atoms with Crippen LogP contribution in [-0.4, -0.2) is 73.4 Å². The summed E-state index contributed by atoms with van der Waals surface area (Å²) < 4.78 is 5.49. The van der Waals surface area contributed by atoms with Crippen molar-refractivity contribution in [1.82, 2.24) is 15.5 Å². The van der Waals surface area contributed by atoms with Crippen molar-refractivity contribution in [2.24, 2.45) is 10.9 Å². The number of guanidine groups is 1. The second-order valence-electron chi connectivity index (χ2n) is 6.68. The van der Waals surface area contributed by atoms with Crippen molar-refractivity contribution in [3.63, 3.8) is 0 Å². The maximum absolute atomic E-state index is 11.7. The van der Waals surface area contributed by atoms with Gasteiger partial charge in [0.25, 0.3) is 0 Å².